The van der Waals surface area contributed by atoms with Crippen LogP contribution in [0.15, 0.2) is 95.5 Å². The average molecular weight is 592 g/mol. The van der Waals surface area contributed by atoms with Gasteiger partial charge in [-0.25, -0.2) is 4.39 Å². The second kappa shape index (κ2) is 12.4. The number of hydrogen-bond acceptors (Lipinski definition) is 3. The van der Waals surface area contributed by atoms with Crippen LogP contribution in [0.4, 0.5) is 4.39 Å². The highest BCUT2D eigenvalue weighted by atomic mass is 79.9. The van der Waals surface area contributed by atoms with E-state index in [1.807, 2.05) is 87.5 Å². The van der Waals surface area contributed by atoms with Gasteiger partial charge in [0.25, 0.3) is 5.91 Å². The van der Waals surface area contributed by atoms with Gasteiger partial charge in [-0.1, -0.05) is 72.8 Å². The molecular formula is C32H32BrFN2O3. The van der Waals surface area contributed by atoms with Gasteiger partial charge < -0.3 is 15.0 Å². The van der Waals surface area contributed by atoms with Crippen LogP contribution in [0.1, 0.15) is 31.9 Å². The zero-order valence-corrected chi connectivity index (χ0v) is 23.9. The molecular weight excluding hydrogens is 559 g/mol. The molecule has 4 rings (SSSR count). The van der Waals surface area contributed by atoms with Gasteiger partial charge in [-0.15, -0.1) is 0 Å². The van der Waals surface area contributed by atoms with E-state index in [0.29, 0.717) is 17.7 Å². The first-order valence-corrected chi connectivity index (χ1v) is 13.6. The van der Waals surface area contributed by atoms with Gasteiger partial charge >= 0.3 is 0 Å². The first-order valence-electron chi connectivity index (χ1n) is 12.8. The zero-order chi connectivity index (χ0) is 28.0. The van der Waals surface area contributed by atoms with Crippen LogP contribution in [0, 0.1) is 5.82 Å². The number of hydrogen-bond donors (Lipinski definition) is 1. The van der Waals surface area contributed by atoms with Crippen LogP contribution >= 0.6 is 15.9 Å². The second-order valence-electron chi connectivity index (χ2n) is 10.5. The van der Waals surface area contributed by atoms with Crippen LogP contribution in [-0.2, 0) is 22.6 Å². The Labute approximate surface area is 237 Å². The lowest BCUT2D eigenvalue weighted by atomic mass is 10.0. The van der Waals surface area contributed by atoms with E-state index in [0.717, 1.165) is 20.8 Å². The SMILES string of the molecule is CC(C)(C)NC(=O)C(Cc1ccccc1)N(Cc1ccc(F)cc1)C(=O)COc1ccc2ccccc2c1Br. The summed E-state index contributed by atoms with van der Waals surface area (Å²) < 4.78 is 20.4. The average Bonchev–Trinajstić information content (AvgIpc) is 2.91. The quantitative estimate of drug-likeness (QED) is 0.237. The van der Waals surface area contributed by atoms with Gasteiger partial charge in [0.1, 0.15) is 17.6 Å². The Morgan fingerprint density at radius 1 is 0.897 bits per heavy atom. The van der Waals surface area contributed by atoms with E-state index >= 15 is 0 Å². The number of benzene rings is 4. The lowest BCUT2D eigenvalue weighted by Gasteiger charge is -2.33. The van der Waals surface area contributed by atoms with Gasteiger partial charge in [-0.2, -0.15) is 0 Å². The van der Waals surface area contributed by atoms with Crippen LogP contribution in [0.5, 0.6) is 5.75 Å². The minimum atomic E-state index is -0.812. The van der Waals surface area contributed by atoms with Crippen molar-refractivity contribution in [3.05, 3.63) is 112 Å². The van der Waals surface area contributed by atoms with Gasteiger partial charge in [0.05, 0.1) is 4.47 Å². The molecule has 0 fully saturated rings. The predicted molar refractivity (Wildman–Crippen MR) is 156 cm³/mol. The van der Waals surface area contributed by atoms with Crippen molar-refractivity contribution in [3.63, 3.8) is 0 Å². The summed E-state index contributed by atoms with van der Waals surface area (Å²) >= 11 is 3.61. The number of halogens is 2. The summed E-state index contributed by atoms with van der Waals surface area (Å²) in [5.41, 5.74) is 1.13. The molecule has 0 aliphatic rings. The maximum absolute atomic E-state index is 13.8. The lowest BCUT2D eigenvalue weighted by Crippen LogP contribution is -2.55. The highest BCUT2D eigenvalue weighted by molar-refractivity contribution is 9.10. The highest BCUT2D eigenvalue weighted by Gasteiger charge is 2.32. The molecule has 0 aliphatic carbocycles. The Morgan fingerprint density at radius 3 is 2.26 bits per heavy atom. The Morgan fingerprint density at radius 2 is 1.56 bits per heavy atom. The summed E-state index contributed by atoms with van der Waals surface area (Å²) in [4.78, 5) is 28.9. The van der Waals surface area contributed by atoms with Crippen molar-refractivity contribution >= 4 is 38.5 Å². The third-order valence-corrected chi connectivity index (χ3v) is 7.03. The molecule has 0 radical (unpaired) electrons. The minimum Gasteiger partial charge on any atom is -0.483 e. The number of fused-ring (bicyclic) bond motifs is 1. The normalized spacial score (nSPS) is 12.1. The van der Waals surface area contributed by atoms with Crippen molar-refractivity contribution in [1.82, 2.24) is 10.2 Å². The van der Waals surface area contributed by atoms with Crippen LogP contribution in [-0.4, -0.2) is 34.9 Å². The number of ether oxygens (including phenoxy) is 1. The van der Waals surface area contributed by atoms with Crippen LogP contribution < -0.4 is 10.1 Å². The molecule has 5 nitrogen and oxygen atoms in total. The number of nitrogens with zero attached hydrogens (tertiary/aromatic N) is 1. The Bertz CT molecular complexity index is 1440. The fourth-order valence-corrected chi connectivity index (χ4v) is 4.95. The molecule has 7 heteroatoms. The van der Waals surface area contributed by atoms with Crippen LogP contribution in [0.25, 0.3) is 10.8 Å². The summed E-state index contributed by atoms with van der Waals surface area (Å²) in [6.45, 7) is 5.55. The van der Waals surface area contributed by atoms with Gasteiger partial charge in [-0.05, 0) is 76.8 Å². The molecule has 4 aromatic rings. The van der Waals surface area contributed by atoms with Gasteiger partial charge in [-0.3, -0.25) is 9.59 Å². The van der Waals surface area contributed by atoms with Crippen molar-refractivity contribution in [3.8, 4) is 5.75 Å². The zero-order valence-electron chi connectivity index (χ0n) is 22.3. The molecule has 1 atom stereocenters. The molecule has 202 valence electrons. The molecule has 0 aliphatic heterocycles. The minimum absolute atomic E-state index is 0.121. The number of rotatable bonds is 9. The molecule has 0 bridgehead atoms. The number of carbonyl (C=O) groups is 2. The van der Waals surface area contributed by atoms with Crippen molar-refractivity contribution in [2.45, 2.75) is 45.3 Å². The Hall–Kier alpha value is -3.71. The van der Waals surface area contributed by atoms with E-state index in [-0.39, 0.29) is 30.8 Å². The number of nitrogens with one attached hydrogen (secondary N) is 1. The summed E-state index contributed by atoms with van der Waals surface area (Å²) in [5, 5.41) is 5.05. The van der Waals surface area contributed by atoms with E-state index in [1.165, 1.54) is 17.0 Å². The third-order valence-electron chi connectivity index (χ3n) is 6.21. The summed E-state index contributed by atoms with van der Waals surface area (Å²) in [7, 11) is 0. The fourth-order valence-electron chi connectivity index (χ4n) is 4.34. The monoisotopic (exact) mass is 590 g/mol. The summed E-state index contributed by atoms with van der Waals surface area (Å²) in [6.07, 6.45) is 0.315. The standard InChI is InChI=1S/C32H32BrFN2O3/c1-32(2,3)35-31(38)27(19-22-9-5-4-6-10-22)36(20-23-13-16-25(34)17-14-23)29(37)21-39-28-18-15-24-11-7-8-12-26(24)30(28)33/h4-18,27H,19-21H2,1-3H3,(H,35,38). The van der Waals surface area contributed by atoms with E-state index in [4.69, 9.17) is 4.74 Å². The Balaban J connectivity index is 1.65. The van der Waals surface area contributed by atoms with Crippen LogP contribution in [0.2, 0.25) is 0 Å². The van der Waals surface area contributed by atoms with E-state index in [9.17, 15) is 14.0 Å². The maximum Gasteiger partial charge on any atom is 0.261 e. The van der Waals surface area contributed by atoms with E-state index < -0.39 is 11.6 Å². The summed E-state index contributed by atoms with van der Waals surface area (Å²) in [6, 6.07) is 26.3. The van der Waals surface area contributed by atoms with E-state index in [2.05, 4.69) is 21.2 Å². The first kappa shape index (κ1) is 28.3. The molecule has 0 spiro atoms. The molecule has 39 heavy (non-hydrogen) atoms. The molecule has 1 N–H and O–H groups in total. The van der Waals surface area contributed by atoms with Crippen molar-refractivity contribution in [1.29, 1.82) is 0 Å². The summed E-state index contributed by atoms with van der Waals surface area (Å²) in [5.74, 6) is -0.465. The van der Waals surface area contributed by atoms with Crippen molar-refractivity contribution < 1.29 is 18.7 Å². The molecule has 1 unspecified atom stereocenters. The largest absolute Gasteiger partial charge is 0.483 e. The molecule has 0 saturated heterocycles. The topological polar surface area (TPSA) is 58.6 Å². The van der Waals surface area contributed by atoms with Gasteiger partial charge in [0.2, 0.25) is 5.91 Å². The Kier molecular flexibility index (Phi) is 9.02. The van der Waals surface area contributed by atoms with Crippen molar-refractivity contribution in [2.75, 3.05) is 6.61 Å². The third kappa shape index (κ3) is 7.67. The molecule has 0 aromatic heterocycles. The van der Waals surface area contributed by atoms with Crippen LogP contribution in [0.3, 0.4) is 0 Å². The second-order valence-corrected chi connectivity index (χ2v) is 11.3. The molecule has 2 amide bonds. The molecule has 4 aromatic carbocycles. The van der Waals surface area contributed by atoms with Gasteiger partial charge in [0.15, 0.2) is 6.61 Å². The number of amides is 2. The van der Waals surface area contributed by atoms with E-state index in [1.54, 1.807) is 12.1 Å². The van der Waals surface area contributed by atoms with Gasteiger partial charge in [0, 0.05) is 18.5 Å². The maximum atomic E-state index is 13.8. The smallest absolute Gasteiger partial charge is 0.261 e. The number of carbonyl (C=O) groups excluding carboxylic acids is 2. The fraction of sp³-hybridized carbons (Fsp3) is 0.250. The highest BCUT2D eigenvalue weighted by Crippen LogP contribution is 2.33. The van der Waals surface area contributed by atoms with Crippen molar-refractivity contribution in [2.24, 2.45) is 0 Å². The molecule has 0 saturated carbocycles. The lowest BCUT2D eigenvalue weighted by molar-refractivity contribution is -0.143. The molecule has 0 heterocycles. The predicted octanol–water partition coefficient (Wildman–Crippen LogP) is 6.68. The first-order chi connectivity index (χ1) is 18.6.